The van der Waals surface area contributed by atoms with E-state index >= 15 is 0 Å². The number of hydrogen-bond donors (Lipinski definition) is 3. The van der Waals surface area contributed by atoms with Crippen LogP contribution >= 0.6 is 15.9 Å². The SMILES string of the molecule is Cc1cc(C)cc(NC(=O)c2cnn3c2NC(C(=O)O)=C[C@H]3c2ccccc2Br)c1. The average molecular weight is 467 g/mol. The largest absolute Gasteiger partial charge is 0.477 e. The minimum atomic E-state index is -1.11. The molecule has 0 bridgehead atoms. The summed E-state index contributed by atoms with van der Waals surface area (Å²) in [6.45, 7) is 3.91. The van der Waals surface area contributed by atoms with Crippen LogP contribution in [0.4, 0.5) is 11.5 Å². The Balaban J connectivity index is 1.74. The van der Waals surface area contributed by atoms with Gasteiger partial charge in [-0.3, -0.25) is 4.79 Å². The third kappa shape index (κ3) is 3.73. The van der Waals surface area contributed by atoms with Gasteiger partial charge in [0.25, 0.3) is 5.91 Å². The van der Waals surface area contributed by atoms with Crippen LogP contribution in [0.2, 0.25) is 0 Å². The molecule has 30 heavy (non-hydrogen) atoms. The Labute approximate surface area is 181 Å². The quantitative estimate of drug-likeness (QED) is 0.525. The summed E-state index contributed by atoms with van der Waals surface area (Å²) in [6.07, 6.45) is 3.02. The van der Waals surface area contributed by atoms with Crippen LogP contribution in [0.25, 0.3) is 0 Å². The second kappa shape index (κ2) is 7.79. The normalized spacial score (nSPS) is 15.0. The molecule has 4 rings (SSSR count). The number of hydrogen-bond acceptors (Lipinski definition) is 4. The van der Waals surface area contributed by atoms with E-state index in [4.69, 9.17) is 0 Å². The number of anilines is 2. The number of halogens is 1. The van der Waals surface area contributed by atoms with Gasteiger partial charge in [0.1, 0.15) is 23.1 Å². The third-order valence-electron chi connectivity index (χ3n) is 4.82. The van der Waals surface area contributed by atoms with Crippen molar-refractivity contribution in [3.05, 3.63) is 87.2 Å². The smallest absolute Gasteiger partial charge is 0.352 e. The van der Waals surface area contributed by atoms with Crippen molar-refractivity contribution < 1.29 is 14.7 Å². The van der Waals surface area contributed by atoms with Gasteiger partial charge >= 0.3 is 5.97 Å². The molecule has 0 aliphatic carbocycles. The summed E-state index contributed by atoms with van der Waals surface area (Å²) in [7, 11) is 0. The van der Waals surface area contributed by atoms with Gasteiger partial charge in [-0.1, -0.05) is 40.2 Å². The highest BCUT2D eigenvalue weighted by atomic mass is 79.9. The maximum atomic E-state index is 13.0. The first-order valence-corrected chi connectivity index (χ1v) is 10.1. The fourth-order valence-electron chi connectivity index (χ4n) is 3.57. The molecule has 1 aromatic heterocycles. The summed E-state index contributed by atoms with van der Waals surface area (Å²) < 4.78 is 2.43. The van der Waals surface area contributed by atoms with Crippen molar-refractivity contribution in [3.63, 3.8) is 0 Å². The minimum Gasteiger partial charge on any atom is -0.477 e. The van der Waals surface area contributed by atoms with Gasteiger partial charge in [0, 0.05) is 10.2 Å². The number of carboxylic acids is 1. The van der Waals surface area contributed by atoms with Gasteiger partial charge in [0.15, 0.2) is 0 Å². The molecule has 8 heteroatoms. The molecule has 1 aliphatic heterocycles. The summed E-state index contributed by atoms with van der Waals surface area (Å²) in [5.41, 5.74) is 3.83. The van der Waals surface area contributed by atoms with Crippen LogP contribution in [0.3, 0.4) is 0 Å². The highest BCUT2D eigenvalue weighted by Crippen LogP contribution is 2.35. The number of carboxylic acid groups (broad SMARTS) is 1. The maximum absolute atomic E-state index is 13.0. The molecular weight excluding hydrogens is 448 g/mol. The Bertz CT molecular complexity index is 1180. The Morgan fingerprint density at radius 3 is 2.53 bits per heavy atom. The lowest BCUT2D eigenvalue weighted by molar-refractivity contribution is -0.132. The Hall–Kier alpha value is -3.39. The molecule has 7 nitrogen and oxygen atoms in total. The van der Waals surface area contributed by atoms with E-state index in [0.717, 1.165) is 21.2 Å². The van der Waals surface area contributed by atoms with Crippen molar-refractivity contribution in [1.82, 2.24) is 9.78 Å². The van der Waals surface area contributed by atoms with E-state index < -0.39 is 12.0 Å². The van der Waals surface area contributed by atoms with Gasteiger partial charge in [0.2, 0.25) is 0 Å². The number of benzene rings is 2. The highest BCUT2D eigenvalue weighted by Gasteiger charge is 2.30. The summed E-state index contributed by atoms with van der Waals surface area (Å²) in [6, 6.07) is 12.8. The van der Waals surface area contributed by atoms with Gasteiger partial charge in [-0.15, -0.1) is 0 Å². The predicted octanol–water partition coefficient (Wildman–Crippen LogP) is 4.50. The van der Waals surface area contributed by atoms with Gasteiger partial charge in [-0.25, -0.2) is 9.48 Å². The van der Waals surface area contributed by atoms with Crippen molar-refractivity contribution in [2.24, 2.45) is 0 Å². The Morgan fingerprint density at radius 2 is 1.87 bits per heavy atom. The molecular formula is C22H19BrN4O3. The van der Waals surface area contributed by atoms with Gasteiger partial charge in [-0.05, 0) is 54.8 Å². The molecule has 0 spiro atoms. The molecule has 1 aliphatic rings. The second-order valence-electron chi connectivity index (χ2n) is 7.16. The van der Waals surface area contributed by atoms with Gasteiger partial charge in [-0.2, -0.15) is 5.10 Å². The van der Waals surface area contributed by atoms with E-state index in [-0.39, 0.29) is 17.2 Å². The van der Waals surface area contributed by atoms with E-state index in [1.54, 1.807) is 10.8 Å². The van der Waals surface area contributed by atoms with Crippen molar-refractivity contribution in [3.8, 4) is 0 Å². The maximum Gasteiger partial charge on any atom is 0.352 e. The van der Waals surface area contributed by atoms with E-state index in [9.17, 15) is 14.7 Å². The number of carbonyl (C=O) groups excluding carboxylic acids is 1. The molecule has 0 saturated carbocycles. The zero-order valence-electron chi connectivity index (χ0n) is 16.3. The third-order valence-corrected chi connectivity index (χ3v) is 5.54. The molecule has 2 heterocycles. The molecule has 1 amide bonds. The summed E-state index contributed by atoms with van der Waals surface area (Å²) >= 11 is 3.52. The predicted molar refractivity (Wildman–Crippen MR) is 118 cm³/mol. The molecule has 0 saturated heterocycles. The first-order chi connectivity index (χ1) is 14.3. The number of carbonyl (C=O) groups is 2. The lowest BCUT2D eigenvalue weighted by atomic mass is 10.0. The molecule has 3 N–H and O–H groups in total. The number of nitrogens with zero attached hydrogens (tertiary/aromatic N) is 2. The number of rotatable bonds is 4. The number of aromatic nitrogens is 2. The van der Waals surface area contributed by atoms with E-state index in [1.165, 1.54) is 6.20 Å². The number of allylic oxidation sites excluding steroid dienone is 1. The van der Waals surface area contributed by atoms with Gasteiger partial charge in [0.05, 0.1) is 6.20 Å². The van der Waals surface area contributed by atoms with Crippen molar-refractivity contribution in [1.29, 1.82) is 0 Å². The van der Waals surface area contributed by atoms with Gasteiger partial charge < -0.3 is 15.7 Å². The number of amides is 1. The number of nitrogens with one attached hydrogen (secondary N) is 2. The Morgan fingerprint density at radius 1 is 1.17 bits per heavy atom. The number of aryl methyl sites for hydroxylation is 2. The standard InChI is InChI=1S/C22H19BrN4O3/c1-12-7-13(2)9-14(8-12)25-21(28)16-11-24-27-19(15-5-3-4-6-17(15)23)10-18(22(29)30)26-20(16)27/h3-11,19,26H,1-2H3,(H,25,28)(H,29,30)/t19-/m0/s1. The molecule has 0 radical (unpaired) electrons. The molecule has 152 valence electrons. The average Bonchev–Trinajstić information content (AvgIpc) is 3.11. The van der Waals surface area contributed by atoms with Crippen molar-refractivity contribution >= 4 is 39.3 Å². The summed E-state index contributed by atoms with van der Waals surface area (Å²) in [5, 5.41) is 19.7. The first kappa shape index (κ1) is 19.9. The van der Waals surface area contributed by atoms with Crippen LogP contribution in [0, 0.1) is 13.8 Å². The lowest BCUT2D eigenvalue weighted by Crippen LogP contribution is -2.25. The molecule has 2 aromatic carbocycles. The van der Waals surface area contributed by atoms with Crippen LogP contribution in [0.1, 0.15) is 33.1 Å². The molecule has 0 unspecified atom stereocenters. The minimum absolute atomic E-state index is 0.01000. The zero-order valence-corrected chi connectivity index (χ0v) is 17.9. The zero-order chi connectivity index (χ0) is 21.4. The fraction of sp³-hybridized carbons (Fsp3) is 0.136. The van der Waals surface area contributed by atoms with E-state index in [2.05, 4.69) is 31.7 Å². The van der Waals surface area contributed by atoms with Crippen LogP contribution in [0.15, 0.2) is 64.9 Å². The monoisotopic (exact) mass is 466 g/mol. The Kier molecular flexibility index (Phi) is 5.17. The van der Waals surface area contributed by atoms with Crippen LogP contribution < -0.4 is 10.6 Å². The fourth-order valence-corrected chi connectivity index (χ4v) is 4.09. The summed E-state index contributed by atoms with van der Waals surface area (Å²) in [4.78, 5) is 24.7. The number of fused-ring (bicyclic) bond motifs is 1. The van der Waals surface area contributed by atoms with E-state index in [0.29, 0.717) is 11.5 Å². The molecule has 3 aromatic rings. The highest BCUT2D eigenvalue weighted by molar-refractivity contribution is 9.10. The number of aliphatic carboxylic acids is 1. The van der Waals surface area contributed by atoms with Crippen LogP contribution in [-0.4, -0.2) is 26.8 Å². The van der Waals surface area contributed by atoms with E-state index in [1.807, 2.05) is 56.3 Å². The first-order valence-electron chi connectivity index (χ1n) is 9.27. The van der Waals surface area contributed by atoms with Crippen LogP contribution in [0.5, 0.6) is 0 Å². The second-order valence-corrected chi connectivity index (χ2v) is 8.01. The van der Waals surface area contributed by atoms with Crippen molar-refractivity contribution in [2.45, 2.75) is 19.9 Å². The topological polar surface area (TPSA) is 96.3 Å². The summed E-state index contributed by atoms with van der Waals surface area (Å²) in [5.74, 6) is -1.15. The van der Waals surface area contributed by atoms with Crippen LogP contribution in [-0.2, 0) is 4.79 Å². The molecule has 0 fully saturated rings. The molecule has 1 atom stereocenters. The lowest BCUT2D eigenvalue weighted by Gasteiger charge is -2.25. The van der Waals surface area contributed by atoms with Crippen molar-refractivity contribution in [2.75, 3.05) is 10.6 Å².